The molecule has 2 aromatic carbocycles. The predicted octanol–water partition coefficient (Wildman–Crippen LogP) is 6.45. The van der Waals surface area contributed by atoms with Crippen molar-refractivity contribution in [3.8, 4) is 38.7 Å². The molecule has 10 nitrogen and oxygen atoms in total. The maximum Gasteiger partial charge on any atom is 0.294 e. The highest BCUT2D eigenvalue weighted by Crippen LogP contribution is 2.38. The third-order valence-electron chi connectivity index (χ3n) is 6.07. The lowest BCUT2D eigenvalue weighted by molar-refractivity contribution is 0.0919. The molecule has 4 heterocycles. The number of furan rings is 1. The van der Waals surface area contributed by atoms with Gasteiger partial charge in [0.1, 0.15) is 34.4 Å². The fourth-order valence-electron chi connectivity index (χ4n) is 4.16. The molecule has 41 heavy (non-hydrogen) atoms. The van der Waals surface area contributed by atoms with Crippen LogP contribution in [0.5, 0.6) is 16.7 Å². The Morgan fingerprint density at radius 2 is 1.88 bits per heavy atom. The number of imidazole rings is 1. The van der Waals surface area contributed by atoms with Gasteiger partial charge in [0.25, 0.3) is 11.1 Å². The molecule has 6 aromatic rings. The van der Waals surface area contributed by atoms with E-state index < -0.39 is 0 Å². The van der Waals surface area contributed by atoms with E-state index in [-0.39, 0.29) is 18.1 Å². The Hall–Kier alpha value is -4.42. The fraction of sp³-hybridized carbons (Fsp3) is 0.241. The zero-order valence-corrected chi connectivity index (χ0v) is 24.7. The SMILES string of the molecule is COc1cc(OCc2csc(-c3ccc(C(=O)NC(C)(C)C)cc3)n2)c2cc(-c3cn4nc(OC)sc4n3)oc2c1. The third-order valence-corrected chi connectivity index (χ3v) is 7.89. The summed E-state index contributed by atoms with van der Waals surface area (Å²) < 4.78 is 24.7. The molecule has 210 valence electrons. The molecule has 4 aromatic heterocycles. The van der Waals surface area contributed by atoms with Gasteiger partial charge >= 0.3 is 0 Å². The van der Waals surface area contributed by atoms with Crippen LogP contribution in [0.2, 0.25) is 0 Å². The second-order valence-corrected chi connectivity index (χ2v) is 12.1. The second-order valence-electron chi connectivity index (χ2n) is 10.3. The molecule has 12 heteroatoms. The summed E-state index contributed by atoms with van der Waals surface area (Å²) in [6.07, 6.45) is 1.80. The molecule has 0 saturated heterocycles. The number of methoxy groups -OCH3 is 2. The first-order valence-electron chi connectivity index (χ1n) is 12.7. The average Bonchev–Trinajstić information content (AvgIpc) is 3.73. The van der Waals surface area contributed by atoms with Crippen molar-refractivity contribution in [1.82, 2.24) is 24.9 Å². The number of nitrogens with one attached hydrogen (secondary N) is 1. The lowest BCUT2D eigenvalue weighted by Gasteiger charge is -2.20. The first kappa shape index (κ1) is 26.8. The number of amides is 1. The quantitative estimate of drug-likeness (QED) is 0.215. The molecular formula is C29H27N5O5S2. The smallest absolute Gasteiger partial charge is 0.294 e. The van der Waals surface area contributed by atoms with Crippen molar-refractivity contribution >= 4 is 44.5 Å². The second kappa shape index (κ2) is 10.5. The van der Waals surface area contributed by atoms with Crippen LogP contribution >= 0.6 is 22.7 Å². The number of hydrogen-bond donors (Lipinski definition) is 1. The van der Waals surface area contributed by atoms with Crippen molar-refractivity contribution in [2.75, 3.05) is 14.2 Å². The molecule has 1 N–H and O–H groups in total. The number of thiazole rings is 1. The summed E-state index contributed by atoms with van der Waals surface area (Å²) in [5.41, 5.74) is 3.30. The highest BCUT2D eigenvalue weighted by atomic mass is 32.1. The molecule has 0 bridgehead atoms. The maximum atomic E-state index is 12.4. The van der Waals surface area contributed by atoms with Crippen LogP contribution in [0, 0.1) is 0 Å². The Bertz CT molecular complexity index is 1830. The number of carbonyl (C=O) groups excluding carboxylic acids is 1. The average molecular weight is 590 g/mol. The minimum absolute atomic E-state index is 0.103. The van der Waals surface area contributed by atoms with Crippen molar-refractivity contribution in [3.05, 3.63) is 65.3 Å². The molecule has 0 unspecified atom stereocenters. The van der Waals surface area contributed by atoms with Gasteiger partial charge in [0.2, 0.25) is 4.96 Å². The summed E-state index contributed by atoms with van der Waals surface area (Å²) in [4.78, 5) is 22.5. The van der Waals surface area contributed by atoms with Crippen LogP contribution in [0.15, 0.2) is 58.5 Å². The van der Waals surface area contributed by atoms with Crippen molar-refractivity contribution in [2.24, 2.45) is 0 Å². The summed E-state index contributed by atoms with van der Waals surface area (Å²) in [5.74, 6) is 1.71. The summed E-state index contributed by atoms with van der Waals surface area (Å²) >= 11 is 2.87. The van der Waals surface area contributed by atoms with Crippen molar-refractivity contribution in [2.45, 2.75) is 32.9 Å². The number of carbonyl (C=O) groups is 1. The Morgan fingerprint density at radius 3 is 2.59 bits per heavy atom. The van der Waals surface area contributed by atoms with Crippen LogP contribution in [0.1, 0.15) is 36.8 Å². The van der Waals surface area contributed by atoms with E-state index in [4.69, 9.17) is 23.6 Å². The van der Waals surface area contributed by atoms with Gasteiger partial charge in [-0.05, 0) is 50.3 Å². The number of benzene rings is 2. The van der Waals surface area contributed by atoms with Gasteiger partial charge in [-0.15, -0.1) is 16.4 Å². The zero-order chi connectivity index (χ0) is 28.7. The molecular weight excluding hydrogens is 562 g/mol. The molecule has 0 aliphatic carbocycles. The number of hydrogen-bond acceptors (Lipinski definition) is 10. The lowest BCUT2D eigenvalue weighted by Crippen LogP contribution is -2.40. The zero-order valence-electron chi connectivity index (χ0n) is 23.0. The van der Waals surface area contributed by atoms with Gasteiger partial charge in [-0.3, -0.25) is 4.79 Å². The molecule has 1 amide bonds. The number of fused-ring (bicyclic) bond motifs is 2. The van der Waals surface area contributed by atoms with Crippen LogP contribution < -0.4 is 19.5 Å². The highest BCUT2D eigenvalue weighted by molar-refractivity contribution is 7.18. The molecule has 0 atom stereocenters. The van der Waals surface area contributed by atoms with Crippen LogP contribution in [-0.4, -0.2) is 45.2 Å². The third kappa shape index (κ3) is 5.61. The maximum absolute atomic E-state index is 12.4. The Morgan fingerprint density at radius 1 is 1.07 bits per heavy atom. The van der Waals surface area contributed by atoms with E-state index in [1.807, 2.05) is 68.6 Å². The largest absolute Gasteiger partial charge is 0.496 e. The molecule has 0 radical (unpaired) electrons. The Kier molecular flexibility index (Phi) is 6.88. The van der Waals surface area contributed by atoms with Gasteiger partial charge in [0, 0.05) is 34.2 Å². The number of aromatic nitrogens is 4. The predicted molar refractivity (Wildman–Crippen MR) is 158 cm³/mol. The minimum Gasteiger partial charge on any atom is -0.496 e. The van der Waals surface area contributed by atoms with E-state index in [2.05, 4.69) is 15.4 Å². The molecule has 0 aliphatic heterocycles. The highest BCUT2D eigenvalue weighted by Gasteiger charge is 2.18. The summed E-state index contributed by atoms with van der Waals surface area (Å²) in [5, 5.41) is 11.4. The number of rotatable bonds is 8. The molecule has 0 aliphatic rings. The van der Waals surface area contributed by atoms with E-state index in [9.17, 15) is 4.79 Å². The van der Waals surface area contributed by atoms with Gasteiger partial charge in [-0.2, -0.15) is 0 Å². The summed E-state index contributed by atoms with van der Waals surface area (Å²) in [7, 11) is 3.18. The van der Waals surface area contributed by atoms with Crippen LogP contribution in [-0.2, 0) is 6.61 Å². The topological polar surface area (TPSA) is 113 Å². The number of ether oxygens (including phenoxy) is 3. The van der Waals surface area contributed by atoms with E-state index in [1.165, 1.54) is 22.7 Å². The Labute approximate surface area is 243 Å². The van der Waals surface area contributed by atoms with Gasteiger partial charge < -0.3 is 23.9 Å². The Balaban J connectivity index is 1.20. The van der Waals surface area contributed by atoms with Gasteiger partial charge in [-0.1, -0.05) is 12.1 Å². The first-order valence-corrected chi connectivity index (χ1v) is 14.4. The molecule has 0 fully saturated rings. The van der Waals surface area contributed by atoms with Crippen molar-refractivity contribution in [3.63, 3.8) is 0 Å². The van der Waals surface area contributed by atoms with E-state index in [1.54, 1.807) is 24.9 Å². The van der Waals surface area contributed by atoms with Gasteiger partial charge in [-0.25, -0.2) is 14.5 Å². The van der Waals surface area contributed by atoms with Crippen molar-refractivity contribution < 1.29 is 23.4 Å². The lowest BCUT2D eigenvalue weighted by atomic mass is 10.1. The van der Waals surface area contributed by atoms with E-state index in [0.717, 1.165) is 21.7 Å². The van der Waals surface area contributed by atoms with Crippen LogP contribution in [0.25, 0.3) is 38.0 Å². The van der Waals surface area contributed by atoms with Crippen LogP contribution in [0.3, 0.4) is 0 Å². The molecule has 6 rings (SSSR count). The first-order chi connectivity index (χ1) is 19.7. The minimum atomic E-state index is -0.297. The van der Waals surface area contributed by atoms with Crippen LogP contribution in [0.4, 0.5) is 0 Å². The molecule has 0 saturated carbocycles. The van der Waals surface area contributed by atoms with E-state index >= 15 is 0 Å². The normalized spacial score (nSPS) is 11.7. The summed E-state index contributed by atoms with van der Waals surface area (Å²) in [6, 6.07) is 13.0. The monoisotopic (exact) mass is 589 g/mol. The van der Waals surface area contributed by atoms with Crippen molar-refractivity contribution in [1.29, 1.82) is 0 Å². The van der Waals surface area contributed by atoms with Gasteiger partial charge in [0.15, 0.2) is 5.76 Å². The number of nitrogens with zero attached hydrogens (tertiary/aromatic N) is 4. The molecule has 0 spiro atoms. The van der Waals surface area contributed by atoms with E-state index in [0.29, 0.717) is 44.3 Å². The standard InChI is InChI=1S/C29H27N5O5S2/c1-29(2,3)32-25(35)16-6-8-17(9-7-16)26-30-18(15-40-26)14-38-22-10-19(36-4)11-23-20(22)12-24(39-23)21-13-34-27(31-21)41-28(33-34)37-5/h6-13,15H,14H2,1-5H3,(H,32,35). The fourth-order valence-corrected chi connectivity index (χ4v) is 5.67. The van der Waals surface area contributed by atoms with Gasteiger partial charge in [0.05, 0.1) is 31.5 Å². The summed E-state index contributed by atoms with van der Waals surface area (Å²) in [6.45, 7) is 6.13.